The molecule has 0 saturated heterocycles. The second-order valence-corrected chi connectivity index (χ2v) is 31.3. The molecule has 4 aliphatic heterocycles. The summed E-state index contributed by atoms with van der Waals surface area (Å²) in [6, 6.07) is 102. The largest absolute Gasteiger partial charge is 4.00 e. The van der Waals surface area contributed by atoms with Crippen molar-refractivity contribution in [3.05, 3.63) is 463 Å². The third-order valence-electron chi connectivity index (χ3n) is 21.2. The van der Waals surface area contributed by atoms with Gasteiger partial charge in [0.05, 0.1) is 41.4 Å². The zero-order chi connectivity index (χ0) is 91.1. The van der Waals surface area contributed by atoms with Gasteiger partial charge < -0.3 is 62.6 Å². The molecule has 22 rings (SSSR count). The van der Waals surface area contributed by atoms with Gasteiger partial charge in [-0.2, -0.15) is 84.6 Å². The van der Waals surface area contributed by atoms with E-state index in [1.54, 1.807) is 71.8 Å². The van der Waals surface area contributed by atoms with E-state index < -0.39 is 0 Å². The van der Waals surface area contributed by atoms with Gasteiger partial charge in [-0.15, -0.1) is 174 Å². The van der Waals surface area contributed by atoms with Crippen molar-refractivity contribution in [1.82, 2.24) is 79.0 Å². The molecule has 0 unspecified atom stereocenters. The number of thiazole rings is 1. The van der Waals surface area contributed by atoms with E-state index in [0.29, 0.717) is 51.9 Å². The molecule has 0 atom stereocenters. The van der Waals surface area contributed by atoms with Crippen LogP contribution >= 0.6 is 11.3 Å². The minimum atomic E-state index is 0. The van der Waals surface area contributed by atoms with Crippen LogP contribution in [-0.4, -0.2) is 107 Å². The van der Waals surface area contributed by atoms with Crippen LogP contribution in [-0.2, 0) is 84.3 Å². The van der Waals surface area contributed by atoms with E-state index in [4.69, 9.17) is 28.5 Å². The molecule has 0 amide bonds. The van der Waals surface area contributed by atoms with E-state index in [1.165, 1.54) is 6.26 Å². The monoisotopic (exact) mass is 2550 g/mol. The molecule has 0 spiro atoms. The Kier molecular flexibility index (Phi) is 32.7. The Morgan fingerprint density at radius 2 is 0.739 bits per heavy atom. The fraction of sp³-hybridized carbons (Fsp3) is 0.0556. The summed E-state index contributed by atoms with van der Waals surface area (Å²) in [6.07, 6.45) is 33.0. The molecule has 14 heterocycles. The molecule has 18 aromatic rings. The number of oxazole rings is 1. The SMILES string of the molecule is CN1[CH-]N(c2[c-]c(Oc3[c-]c(N4C=C(c5ccccn5)N(C)[CH-]4)ccc3)ccc2)C=C1c1ccccn1.CN1[CH-]N(c2[c-]c(Oc3[c-]c(N4C=C(c5cccnc5)N(C)[CH-]4)ccc3)ccc2)C=C1c1cccnc1.Cc1nn(-c2[c-]c(Oc3[c-]c(-c4nccs4)ccc3)ccc2)c(C)c1-c1ccccn1.[Pt+2].[Pt+2].[Pt+4].[Pt+4].[c-]1c(Oc2[c-]c(-n3cc(-c4ccncc4)cn3)ccc2)cccc1-c1ncco1. The summed E-state index contributed by atoms with van der Waals surface area (Å²) in [7, 11) is 8.03. The van der Waals surface area contributed by atoms with Crippen molar-refractivity contribution in [3.8, 4) is 102 Å². The quantitative estimate of drug-likeness (QED) is 0.0577. The first-order valence-corrected chi connectivity index (χ1v) is 43.3. The summed E-state index contributed by atoms with van der Waals surface area (Å²) in [6.45, 7) is 12.0. The molecule has 0 fully saturated rings. The maximum absolute atomic E-state index is 6.17. The Labute approximate surface area is 862 Å². The van der Waals surface area contributed by atoms with E-state index in [9.17, 15) is 0 Å². The first-order valence-electron chi connectivity index (χ1n) is 42.4. The molecule has 4 aliphatic rings. The number of ether oxygens (including phenoxy) is 4. The number of nitrogens with zero attached hydrogens (tertiary/aromatic N) is 20. The zero-order valence-electron chi connectivity index (χ0n) is 74.5. The Bertz CT molecular complexity index is 6750. The maximum atomic E-state index is 6.17. The molecule has 0 radical (unpaired) electrons. The molecule has 138 heavy (non-hydrogen) atoms. The van der Waals surface area contributed by atoms with Gasteiger partial charge >= 0.3 is 84.3 Å². The predicted molar refractivity (Wildman–Crippen MR) is 516 cm³/mol. The number of hydrogen-bond donors (Lipinski definition) is 0. The van der Waals surface area contributed by atoms with Crippen molar-refractivity contribution in [1.29, 1.82) is 0 Å². The van der Waals surface area contributed by atoms with Crippen LogP contribution in [0.25, 0.3) is 78.6 Å². The van der Waals surface area contributed by atoms with E-state index in [0.717, 1.165) is 129 Å². The summed E-state index contributed by atoms with van der Waals surface area (Å²) in [4.78, 5) is 50.7. The van der Waals surface area contributed by atoms with Crippen LogP contribution in [0.4, 0.5) is 22.7 Å². The van der Waals surface area contributed by atoms with Crippen LogP contribution in [0.3, 0.4) is 0 Å². The number of hydrogen-bond acceptors (Lipinski definition) is 24. The third kappa shape index (κ3) is 23.6. The molecular weight excluding hydrogens is 2470 g/mol. The van der Waals surface area contributed by atoms with Crippen LogP contribution in [0.15, 0.2) is 358 Å². The van der Waals surface area contributed by atoms with Gasteiger partial charge in [0.25, 0.3) is 0 Å². The topological polar surface area (TPSA) is 215 Å². The molecule has 10 aromatic heterocycles. The number of aryl methyl sites for hydroxylation is 1. The van der Waals surface area contributed by atoms with Crippen molar-refractivity contribution < 1.29 is 108 Å². The van der Waals surface area contributed by atoms with Crippen LogP contribution in [0.5, 0.6) is 46.0 Å². The summed E-state index contributed by atoms with van der Waals surface area (Å²) in [5.41, 5.74) is 20.6. The molecule has 0 aliphatic carbocycles. The van der Waals surface area contributed by atoms with Gasteiger partial charge in [-0.25, -0.2) is 0 Å². The summed E-state index contributed by atoms with van der Waals surface area (Å²) in [5, 5.41) is 12.0. The molecule has 30 heteroatoms. The van der Waals surface area contributed by atoms with E-state index in [2.05, 4.69) is 116 Å². The Morgan fingerprint density at radius 3 is 1.17 bits per heavy atom. The summed E-state index contributed by atoms with van der Waals surface area (Å²) < 4.78 is 33.3. The van der Waals surface area contributed by atoms with Crippen LogP contribution in [0.1, 0.15) is 33.9 Å². The van der Waals surface area contributed by atoms with Gasteiger partial charge in [-0.1, -0.05) is 35.9 Å². The predicted octanol–water partition coefficient (Wildman–Crippen LogP) is 22.3. The average Bonchev–Trinajstić information content (AvgIpc) is 1.68. The number of benzene rings is 8. The third-order valence-corrected chi connectivity index (χ3v) is 22.0. The average molecular weight is 2550 g/mol. The Morgan fingerprint density at radius 1 is 0.333 bits per heavy atom. The van der Waals surface area contributed by atoms with Crippen LogP contribution in [0, 0.1) is 89.1 Å². The first kappa shape index (κ1) is 97.8. The van der Waals surface area contributed by atoms with Crippen molar-refractivity contribution in [2.45, 2.75) is 13.8 Å². The second kappa shape index (κ2) is 46.2. The summed E-state index contributed by atoms with van der Waals surface area (Å²) in [5.74, 6) is 5.24. The fourth-order valence-electron chi connectivity index (χ4n) is 14.8. The fourth-order valence-corrected chi connectivity index (χ4v) is 15.5. The number of anilines is 4. The molecular formula is C108H80N20O5Pt4S. The minimum Gasteiger partial charge on any atom is -0.509 e. The molecule has 8 aromatic carbocycles. The van der Waals surface area contributed by atoms with Gasteiger partial charge in [0, 0.05) is 175 Å². The Balaban J connectivity index is 0.000000139. The zero-order valence-corrected chi connectivity index (χ0v) is 84.4. The van der Waals surface area contributed by atoms with Gasteiger partial charge in [-0.05, 0) is 157 Å². The summed E-state index contributed by atoms with van der Waals surface area (Å²) >= 11 is 1.57. The van der Waals surface area contributed by atoms with E-state index >= 15 is 0 Å². The van der Waals surface area contributed by atoms with Crippen molar-refractivity contribution in [3.63, 3.8) is 0 Å². The number of aromatic nitrogens is 12. The second-order valence-electron chi connectivity index (χ2n) is 30.4. The molecule has 688 valence electrons. The van der Waals surface area contributed by atoms with Crippen molar-refractivity contribution >= 4 is 56.9 Å². The maximum Gasteiger partial charge on any atom is 4.00 e. The Hall–Kier alpha value is -14.8. The van der Waals surface area contributed by atoms with Crippen LogP contribution < -0.4 is 38.5 Å². The van der Waals surface area contributed by atoms with E-state index in [-0.39, 0.29) is 84.3 Å². The van der Waals surface area contributed by atoms with E-state index in [1.807, 2.05) is 382 Å². The van der Waals surface area contributed by atoms with Crippen molar-refractivity contribution in [2.75, 3.05) is 47.8 Å². The standard InChI is InChI=1S/2C30H24N6O.C25H18N4OS.C23H14N4O2.4Pt/c1-33-21-35(19-29(33)23-7-5-13-31-17-23)25-9-3-11-27(15-25)37-28-12-4-10-26(16-28)36-20-30(34(2)22-36)24-8-6-14-32-18-24;1-33-21-35(19-29(33)27-13-3-5-15-31-27)23-9-7-11-25(17-23)37-26-12-8-10-24(18-26)36-20-30(34(2)22-36)28-14-4-6-16-32-28;1-17-24(23-11-3-4-12-26-23)18(2)29(28-17)20-8-6-10-22(16-20)30-21-9-5-7-19(15-21)25-27-13-14-31-25;1-3-18(23-25-11-12-28-23)13-21(5-1)29-22-6-2-4-20(14-22)27-16-19(15-26-27)17-7-9-24-10-8-17;;;;/h3-14,17-22H,1-2H3;3-16,19-22H,1-2H3;3-14H,1-2H3;1-12,15-16H;;;;/q2*-4;2*-2;2*+2;2*+4. The minimum absolute atomic E-state index is 0. The number of pyridine rings is 6. The van der Waals surface area contributed by atoms with Gasteiger partial charge in [0.2, 0.25) is 0 Å². The molecule has 0 saturated carbocycles. The first-order chi connectivity index (χ1) is 65.8. The van der Waals surface area contributed by atoms with Gasteiger partial charge in [-0.3, -0.25) is 49.2 Å². The smallest absolute Gasteiger partial charge is 0.509 e. The normalized spacial score (nSPS) is 12.9. The van der Waals surface area contributed by atoms with Gasteiger partial charge in [0.1, 0.15) is 5.89 Å². The van der Waals surface area contributed by atoms with Gasteiger partial charge in [0.15, 0.2) is 0 Å². The molecule has 0 bridgehead atoms. The van der Waals surface area contributed by atoms with Crippen LogP contribution in [0.2, 0.25) is 0 Å². The molecule has 25 nitrogen and oxygen atoms in total. The number of rotatable bonds is 22. The van der Waals surface area contributed by atoms with Crippen molar-refractivity contribution in [2.24, 2.45) is 0 Å². The molecule has 0 N–H and O–H groups in total.